The Morgan fingerprint density at radius 2 is 1.67 bits per heavy atom. The summed E-state index contributed by atoms with van der Waals surface area (Å²) in [6, 6.07) is 5.40. The van der Waals surface area contributed by atoms with E-state index in [0.717, 1.165) is 16.8 Å². The summed E-state index contributed by atoms with van der Waals surface area (Å²) in [5.41, 5.74) is 2.13. The fraction of sp³-hybridized carbons (Fsp3) is 0.250. The summed E-state index contributed by atoms with van der Waals surface area (Å²) in [7, 11) is 0. The van der Waals surface area contributed by atoms with E-state index in [1.54, 1.807) is 30.6 Å². The molecule has 0 spiro atoms. The number of halogens is 1. The molecule has 0 saturated heterocycles. The molecule has 0 atom stereocenters. The maximum Gasteiger partial charge on any atom is 0.272 e. The zero-order valence-corrected chi connectivity index (χ0v) is 16.4. The highest BCUT2D eigenvalue weighted by Crippen LogP contribution is 2.22. The molecule has 0 bridgehead atoms. The standard InChI is InChI=1S/C20H21ClN4O2/c1-11-12(6-5-7-13(11)21)8-15-18(26)25-16(19(27)24-15)9-14-17(20(2,3)4)23-10-22-14/h5-10H,1-4H3,(H,22,23)(H,24,27)(H,25,26)/b15-8-,16-9-. The van der Waals surface area contributed by atoms with Crippen LogP contribution in [0.1, 0.15) is 43.3 Å². The molecule has 27 heavy (non-hydrogen) atoms. The number of nitrogens with one attached hydrogen (secondary N) is 3. The Morgan fingerprint density at radius 1 is 1.04 bits per heavy atom. The maximum absolute atomic E-state index is 12.5. The van der Waals surface area contributed by atoms with Crippen LogP contribution in [0.2, 0.25) is 5.02 Å². The number of rotatable bonds is 2. The molecule has 0 saturated carbocycles. The van der Waals surface area contributed by atoms with Gasteiger partial charge in [-0.3, -0.25) is 9.59 Å². The van der Waals surface area contributed by atoms with Gasteiger partial charge >= 0.3 is 0 Å². The number of hydrogen-bond acceptors (Lipinski definition) is 3. The van der Waals surface area contributed by atoms with Crippen LogP contribution in [0, 0.1) is 6.92 Å². The minimum absolute atomic E-state index is 0.151. The molecular formula is C20H21ClN4O2. The van der Waals surface area contributed by atoms with E-state index in [2.05, 4.69) is 19.9 Å². The molecule has 0 aliphatic carbocycles. The third kappa shape index (κ3) is 3.95. The molecule has 1 aromatic carbocycles. The van der Waals surface area contributed by atoms with Crippen LogP contribution < -0.4 is 21.8 Å². The monoisotopic (exact) mass is 384 g/mol. The Morgan fingerprint density at radius 3 is 2.30 bits per heavy atom. The second kappa shape index (κ2) is 7.04. The van der Waals surface area contributed by atoms with E-state index >= 15 is 0 Å². The van der Waals surface area contributed by atoms with E-state index in [0.29, 0.717) is 10.7 Å². The average molecular weight is 385 g/mol. The first-order valence-corrected chi connectivity index (χ1v) is 8.89. The van der Waals surface area contributed by atoms with E-state index < -0.39 is 11.1 Å². The fourth-order valence-corrected chi connectivity index (χ4v) is 2.97. The topological polar surface area (TPSA) is 94.4 Å². The van der Waals surface area contributed by atoms with Crippen LogP contribution in [0.4, 0.5) is 0 Å². The largest absolute Gasteiger partial charge is 0.348 e. The van der Waals surface area contributed by atoms with Gasteiger partial charge < -0.3 is 15.0 Å². The molecule has 6 nitrogen and oxygen atoms in total. The summed E-state index contributed by atoms with van der Waals surface area (Å²) in [4.78, 5) is 37.6. The van der Waals surface area contributed by atoms with Crippen molar-refractivity contribution in [3.63, 3.8) is 0 Å². The van der Waals surface area contributed by atoms with Gasteiger partial charge in [0.05, 0.1) is 12.0 Å². The van der Waals surface area contributed by atoms with Gasteiger partial charge in [-0.15, -0.1) is 0 Å². The molecule has 0 unspecified atom stereocenters. The number of hydrogen-bond donors (Lipinski definition) is 3. The summed E-state index contributed by atoms with van der Waals surface area (Å²) in [5.74, 6) is 0. The van der Waals surface area contributed by atoms with Gasteiger partial charge in [-0.05, 0) is 36.3 Å². The molecule has 0 amide bonds. The van der Waals surface area contributed by atoms with Crippen molar-refractivity contribution in [2.45, 2.75) is 33.1 Å². The van der Waals surface area contributed by atoms with Crippen LogP contribution in [0.5, 0.6) is 0 Å². The molecule has 3 aromatic rings. The predicted octanol–water partition coefficient (Wildman–Crippen LogP) is 1.70. The highest BCUT2D eigenvalue weighted by atomic mass is 35.5. The lowest BCUT2D eigenvalue weighted by molar-refractivity contribution is 0.571. The molecule has 7 heteroatoms. The van der Waals surface area contributed by atoms with Gasteiger partial charge in [0.1, 0.15) is 10.7 Å². The number of benzene rings is 1. The molecule has 3 rings (SSSR count). The lowest BCUT2D eigenvalue weighted by Gasteiger charge is -2.16. The lowest BCUT2D eigenvalue weighted by atomic mass is 9.90. The summed E-state index contributed by atoms with van der Waals surface area (Å²) < 4.78 is 0. The Bertz CT molecular complexity index is 1230. The van der Waals surface area contributed by atoms with E-state index in [1.807, 2.05) is 33.8 Å². The molecule has 3 N–H and O–H groups in total. The van der Waals surface area contributed by atoms with Crippen molar-refractivity contribution in [1.82, 2.24) is 19.9 Å². The molecule has 0 radical (unpaired) electrons. The minimum Gasteiger partial charge on any atom is -0.348 e. The summed E-state index contributed by atoms with van der Waals surface area (Å²) in [6.45, 7) is 7.97. The van der Waals surface area contributed by atoms with Crippen molar-refractivity contribution in [3.05, 3.63) is 83.5 Å². The second-order valence-electron chi connectivity index (χ2n) is 7.39. The smallest absolute Gasteiger partial charge is 0.272 e. The Labute approximate surface area is 160 Å². The molecule has 2 heterocycles. The van der Waals surface area contributed by atoms with Crippen molar-refractivity contribution in [2.24, 2.45) is 0 Å². The van der Waals surface area contributed by atoms with Gasteiger partial charge in [0.2, 0.25) is 0 Å². The Hall–Kier alpha value is -2.86. The van der Waals surface area contributed by atoms with Crippen LogP contribution >= 0.6 is 11.6 Å². The average Bonchev–Trinajstić information content (AvgIpc) is 3.05. The molecule has 0 fully saturated rings. The Balaban J connectivity index is 2.16. The Kier molecular flexibility index (Phi) is 4.93. The molecule has 2 aromatic heterocycles. The zero-order chi connectivity index (χ0) is 19.8. The van der Waals surface area contributed by atoms with E-state index in [-0.39, 0.29) is 16.1 Å². The highest BCUT2D eigenvalue weighted by Gasteiger charge is 2.19. The predicted molar refractivity (Wildman–Crippen MR) is 108 cm³/mol. The van der Waals surface area contributed by atoms with Gasteiger partial charge in [-0.2, -0.15) is 0 Å². The minimum atomic E-state index is -0.400. The number of nitrogens with zero attached hydrogens (tertiary/aromatic N) is 1. The molecule has 0 aliphatic rings. The first kappa shape index (κ1) is 18.9. The van der Waals surface area contributed by atoms with Gasteiger partial charge in [0.25, 0.3) is 11.1 Å². The SMILES string of the molecule is Cc1c(Cl)cccc1/C=c1\[nH]c(=O)/c(=C/c2nc[nH]c2C(C)(C)C)[nH]c1=O. The normalized spacial score (nSPS) is 13.4. The van der Waals surface area contributed by atoms with Crippen molar-refractivity contribution >= 4 is 23.8 Å². The van der Waals surface area contributed by atoms with Crippen molar-refractivity contribution < 1.29 is 0 Å². The number of H-pyrrole nitrogens is 3. The maximum atomic E-state index is 12.5. The van der Waals surface area contributed by atoms with Crippen LogP contribution in [0.15, 0.2) is 34.1 Å². The van der Waals surface area contributed by atoms with Crippen LogP contribution in [-0.4, -0.2) is 19.9 Å². The van der Waals surface area contributed by atoms with Crippen molar-refractivity contribution in [2.75, 3.05) is 0 Å². The van der Waals surface area contributed by atoms with Crippen LogP contribution in [0.25, 0.3) is 12.2 Å². The third-order valence-corrected chi connectivity index (χ3v) is 4.70. The van der Waals surface area contributed by atoms with Crippen LogP contribution in [0.3, 0.4) is 0 Å². The van der Waals surface area contributed by atoms with Gasteiger partial charge in [0.15, 0.2) is 0 Å². The summed E-state index contributed by atoms with van der Waals surface area (Å²) in [5, 5.41) is 0.916. The number of imidazole rings is 1. The fourth-order valence-electron chi connectivity index (χ4n) is 2.78. The third-order valence-electron chi connectivity index (χ3n) is 4.29. The zero-order valence-electron chi connectivity index (χ0n) is 15.6. The second-order valence-corrected chi connectivity index (χ2v) is 7.80. The molecular weight excluding hydrogens is 364 g/mol. The lowest BCUT2D eigenvalue weighted by Crippen LogP contribution is -2.46. The molecule has 0 aliphatic heterocycles. The number of aromatic nitrogens is 4. The quantitative estimate of drug-likeness (QED) is 0.627. The van der Waals surface area contributed by atoms with E-state index in [9.17, 15) is 9.59 Å². The van der Waals surface area contributed by atoms with Crippen LogP contribution in [-0.2, 0) is 5.41 Å². The van der Waals surface area contributed by atoms with Gasteiger partial charge in [-0.25, -0.2) is 4.98 Å². The van der Waals surface area contributed by atoms with Crippen molar-refractivity contribution in [3.8, 4) is 0 Å². The first-order chi connectivity index (χ1) is 12.7. The number of aromatic amines is 3. The summed E-state index contributed by atoms with van der Waals surface area (Å²) >= 11 is 6.11. The van der Waals surface area contributed by atoms with Crippen molar-refractivity contribution in [1.29, 1.82) is 0 Å². The van der Waals surface area contributed by atoms with Gasteiger partial charge in [-0.1, -0.05) is 44.5 Å². The van der Waals surface area contributed by atoms with Gasteiger partial charge in [0, 0.05) is 16.1 Å². The first-order valence-electron chi connectivity index (χ1n) is 8.52. The highest BCUT2D eigenvalue weighted by molar-refractivity contribution is 6.31. The van der Waals surface area contributed by atoms with E-state index in [1.165, 1.54) is 0 Å². The molecule has 140 valence electrons. The summed E-state index contributed by atoms with van der Waals surface area (Å²) in [6.07, 6.45) is 4.76. The van der Waals surface area contributed by atoms with E-state index in [4.69, 9.17) is 11.6 Å².